The Morgan fingerprint density at radius 3 is 2.37 bits per heavy atom. The first-order chi connectivity index (χ1) is 9.17. The fraction of sp³-hybridized carbons (Fsp3) is 0.933. The van der Waals surface area contributed by atoms with Gasteiger partial charge in [0.05, 0.1) is 6.54 Å². The van der Waals surface area contributed by atoms with E-state index in [1.165, 1.54) is 32.1 Å². The summed E-state index contributed by atoms with van der Waals surface area (Å²) < 4.78 is 0. The van der Waals surface area contributed by atoms with Crippen LogP contribution < -0.4 is 5.32 Å². The molecule has 1 aliphatic heterocycles. The van der Waals surface area contributed by atoms with Crippen LogP contribution in [0.1, 0.15) is 46.0 Å². The third kappa shape index (κ3) is 6.39. The van der Waals surface area contributed by atoms with Crippen molar-refractivity contribution in [3.05, 3.63) is 0 Å². The zero-order chi connectivity index (χ0) is 14.1. The Hall–Kier alpha value is -0.610. The summed E-state index contributed by atoms with van der Waals surface area (Å²) in [6.07, 6.45) is 6.04. The highest BCUT2D eigenvalue weighted by Gasteiger charge is 2.19. The topological polar surface area (TPSA) is 35.6 Å². The van der Waals surface area contributed by atoms with Crippen LogP contribution in [-0.2, 0) is 4.79 Å². The highest BCUT2D eigenvalue weighted by Crippen LogP contribution is 2.07. The molecule has 0 aromatic heterocycles. The Morgan fingerprint density at radius 1 is 1.11 bits per heavy atom. The van der Waals surface area contributed by atoms with Gasteiger partial charge in [0.25, 0.3) is 0 Å². The first-order valence-corrected chi connectivity index (χ1v) is 7.87. The van der Waals surface area contributed by atoms with Gasteiger partial charge < -0.3 is 15.1 Å². The van der Waals surface area contributed by atoms with Crippen LogP contribution in [0, 0.1) is 0 Å². The van der Waals surface area contributed by atoms with E-state index >= 15 is 0 Å². The van der Waals surface area contributed by atoms with E-state index in [1.54, 1.807) is 0 Å². The van der Waals surface area contributed by atoms with Crippen molar-refractivity contribution in [2.45, 2.75) is 52.0 Å². The van der Waals surface area contributed by atoms with Crippen molar-refractivity contribution in [2.75, 3.05) is 39.8 Å². The molecule has 1 N–H and O–H groups in total. The number of nitrogens with one attached hydrogen (secondary N) is 1. The van der Waals surface area contributed by atoms with Gasteiger partial charge in [0.15, 0.2) is 0 Å². The number of nitrogens with zero attached hydrogens (tertiary/aromatic N) is 2. The van der Waals surface area contributed by atoms with Crippen LogP contribution in [0.5, 0.6) is 0 Å². The lowest BCUT2D eigenvalue weighted by Gasteiger charge is -2.33. The lowest BCUT2D eigenvalue weighted by Crippen LogP contribution is -2.50. The highest BCUT2D eigenvalue weighted by molar-refractivity contribution is 5.78. The van der Waals surface area contributed by atoms with Crippen molar-refractivity contribution in [1.82, 2.24) is 15.1 Å². The molecule has 0 saturated carbocycles. The molecule has 1 unspecified atom stereocenters. The minimum atomic E-state index is 0.269. The average molecular weight is 269 g/mol. The number of unbranched alkanes of at least 4 members (excludes halogenated alkanes) is 1. The van der Waals surface area contributed by atoms with Gasteiger partial charge in [0, 0.05) is 32.2 Å². The average Bonchev–Trinajstić information content (AvgIpc) is 2.42. The molecule has 0 aromatic carbocycles. The third-order valence-electron chi connectivity index (χ3n) is 3.94. The summed E-state index contributed by atoms with van der Waals surface area (Å²) in [4.78, 5) is 16.4. The normalized spacial score (nSPS) is 18.6. The van der Waals surface area contributed by atoms with E-state index in [-0.39, 0.29) is 5.91 Å². The van der Waals surface area contributed by atoms with Crippen molar-refractivity contribution in [1.29, 1.82) is 0 Å². The van der Waals surface area contributed by atoms with Crippen LogP contribution in [0.4, 0.5) is 0 Å². The third-order valence-corrected chi connectivity index (χ3v) is 3.94. The second-order valence-electron chi connectivity index (χ2n) is 5.69. The second kappa shape index (κ2) is 9.32. The molecule has 1 saturated heterocycles. The van der Waals surface area contributed by atoms with Crippen LogP contribution in [0.3, 0.4) is 0 Å². The summed E-state index contributed by atoms with van der Waals surface area (Å²) in [7, 11) is 2.11. The van der Waals surface area contributed by atoms with E-state index in [1.807, 2.05) is 4.90 Å². The fourth-order valence-corrected chi connectivity index (χ4v) is 2.55. The van der Waals surface area contributed by atoms with Gasteiger partial charge in [-0.25, -0.2) is 0 Å². The van der Waals surface area contributed by atoms with Crippen molar-refractivity contribution < 1.29 is 4.79 Å². The maximum atomic E-state index is 12.1. The number of carbonyl (C=O) groups excluding carboxylic acids is 1. The minimum Gasteiger partial charge on any atom is -0.339 e. The Bertz CT molecular complexity index is 250. The zero-order valence-corrected chi connectivity index (χ0v) is 13.0. The first kappa shape index (κ1) is 16.4. The number of hydrogen-bond donors (Lipinski definition) is 1. The molecular formula is C15H31N3O. The molecule has 19 heavy (non-hydrogen) atoms. The van der Waals surface area contributed by atoms with Gasteiger partial charge in [0.2, 0.25) is 5.91 Å². The van der Waals surface area contributed by atoms with Gasteiger partial charge >= 0.3 is 0 Å². The van der Waals surface area contributed by atoms with Gasteiger partial charge in [-0.15, -0.1) is 0 Å². The van der Waals surface area contributed by atoms with Gasteiger partial charge in [-0.3, -0.25) is 4.79 Å². The summed E-state index contributed by atoms with van der Waals surface area (Å²) in [6.45, 7) is 8.70. The van der Waals surface area contributed by atoms with E-state index < -0.39 is 0 Å². The molecule has 4 nitrogen and oxygen atoms in total. The monoisotopic (exact) mass is 269 g/mol. The lowest BCUT2D eigenvalue weighted by atomic mass is 10.1. The Kier molecular flexibility index (Phi) is 8.07. The molecule has 0 aliphatic carbocycles. The smallest absolute Gasteiger partial charge is 0.236 e. The van der Waals surface area contributed by atoms with Crippen molar-refractivity contribution in [2.24, 2.45) is 0 Å². The largest absolute Gasteiger partial charge is 0.339 e. The summed E-state index contributed by atoms with van der Waals surface area (Å²) in [5.41, 5.74) is 0. The predicted molar refractivity (Wildman–Crippen MR) is 80.3 cm³/mol. The van der Waals surface area contributed by atoms with Crippen LogP contribution in [0.15, 0.2) is 0 Å². The molecule has 1 heterocycles. The summed E-state index contributed by atoms with van der Waals surface area (Å²) in [5, 5.41) is 3.46. The molecule has 112 valence electrons. The number of hydrogen-bond acceptors (Lipinski definition) is 3. The molecule has 1 atom stereocenters. The molecule has 0 bridgehead atoms. The van der Waals surface area contributed by atoms with E-state index in [9.17, 15) is 4.79 Å². The Balaban J connectivity index is 2.26. The molecule has 0 radical (unpaired) electrons. The lowest BCUT2D eigenvalue weighted by molar-refractivity contribution is -0.131. The molecular weight excluding hydrogens is 238 g/mol. The van der Waals surface area contributed by atoms with Crippen molar-refractivity contribution in [3.63, 3.8) is 0 Å². The van der Waals surface area contributed by atoms with Crippen molar-refractivity contribution in [3.8, 4) is 0 Å². The summed E-state index contributed by atoms with van der Waals surface area (Å²) >= 11 is 0. The van der Waals surface area contributed by atoms with E-state index in [4.69, 9.17) is 0 Å². The second-order valence-corrected chi connectivity index (χ2v) is 5.69. The quantitative estimate of drug-likeness (QED) is 0.728. The Morgan fingerprint density at radius 2 is 1.79 bits per heavy atom. The molecule has 0 aromatic rings. The van der Waals surface area contributed by atoms with Crippen molar-refractivity contribution >= 4 is 5.91 Å². The maximum Gasteiger partial charge on any atom is 0.236 e. The molecule has 1 fully saturated rings. The van der Waals surface area contributed by atoms with Gasteiger partial charge in [0.1, 0.15) is 0 Å². The first-order valence-electron chi connectivity index (χ1n) is 7.87. The number of likely N-dealkylation sites (N-methyl/N-ethyl adjacent to an activating group) is 1. The van der Waals surface area contributed by atoms with Gasteiger partial charge in [-0.2, -0.15) is 0 Å². The minimum absolute atomic E-state index is 0.269. The SMILES string of the molecule is CCCCC(CCC)NCC(=O)N1CCN(C)CC1. The van der Waals surface area contributed by atoms with Crippen LogP contribution >= 0.6 is 0 Å². The highest BCUT2D eigenvalue weighted by atomic mass is 16.2. The number of piperazine rings is 1. The standard InChI is InChI=1S/C15H31N3O/c1-4-6-8-14(7-5-2)16-13-15(19)18-11-9-17(3)10-12-18/h14,16H,4-13H2,1-3H3. The van der Waals surface area contributed by atoms with Crippen LogP contribution in [-0.4, -0.2) is 61.5 Å². The molecule has 0 spiro atoms. The molecule has 4 heteroatoms. The fourth-order valence-electron chi connectivity index (χ4n) is 2.55. The van der Waals surface area contributed by atoms with Gasteiger partial charge in [-0.05, 0) is 19.9 Å². The molecule has 1 amide bonds. The van der Waals surface area contributed by atoms with Gasteiger partial charge in [-0.1, -0.05) is 33.1 Å². The molecule has 1 rings (SSSR count). The molecule has 1 aliphatic rings. The van der Waals surface area contributed by atoms with E-state index in [0.717, 1.165) is 26.2 Å². The number of amides is 1. The van der Waals surface area contributed by atoms with Crippen LogP contribution in [0.2, 0.25) is 0 Å². The van der Waals surface area contributed by atoms with Crippen LogP contribution in [0.25, 0.3) is 0 Å². The Labute approximate surface area is 118 Å². The number of carbonyl (C=O) groups is 1. The number of rotatable bonds is 8. The van der Waals surface area contributed by atoms with E-state index in [0.29, 0.717) is 12.6 Å². The summed E-state index contributed by atoms with van der Waals surface area (Å²) in [6, 6.07) is 0.515. The predicted octanol–water partition coefficient (Wildman–Crippen LogP) is 1.71. The zero-order valence-electron chi connectivity index (χ0n) is 13.0. The summed E-state index contributed by atoms with van der Waals surface area (Å²) in [5.74, 6) is 0.269. The van der Waals surface area contributed by atoms with E-state index in [2.05, 4.69) is 31.1 Å². The maximum absolute atomic E-state index is 12.1.